The van der Waals surface area contributed by atoms with Crippen molar-refractivity contribution in [1.82, 2.24) is 0 Å². The summed E-state index contributed by atoms with van der Waals surface area (Å²) in [7, 11) is 0. The van der Waals surface area contributed by atoms with Gasteiger partial charge in [0.2, 0.25) is 0 Å². The lowest BCUT2D eigenvalue weighted by atomic mass is 10.0. The number of oxime groups is 1. The van der Waals surface area contributed by atoms with Crippen LogP contribution in [0, 0.1) is 13.8 Å². The standard InChI is InChI=1S/C10H14N2O/c1-7-4-3-5-9(8(7)2)6-10(11)12-13/h3-5,13H,6H2,1-2H3,(H2,11,12). The van der Waals surface area contributed by atoms with Gasteiger partial charge in [0.1, 0.15) is 5.84 Å². The van der Waals surface area contributed by atoms with Gasteiger partial charge >= 0.3 is 0 Å². The van der Waals surface area contributed by atoms with Crippen molar-refractivity contribution in [1.29, 1.82) is 0 Å². The summed E-state index contributed by atoms with van der Waals surface area (Å²) in [4.78, 5) is 0. The average molecular weight is 178 g/mol. The van der Waals surface area contributed by atoms with Crippen molar-refractivity contribution < 1.29 is 5.21 Å². The molecule has 1 aromatic rings. The number of hydrogen-bond donors (Lipinski definition) is 2. The molecule has 3 heteroatoms. The number of hydrogen-bond acceptors (Lipinski definition) is 2. The predicted molar refractivity (Wildman–Crippen MR) is 53.0 cm³/mol. The number of nitrogens with zero attached hydrogens (tertiary/aromatic N) is 1. The van der Waals surface area contributed by atoms with Crippen molar-refractivity contribution in [3.05, 3.63) is 34.9 Å². The summed E-state index contributed by atoms with van der Waals surface area (Å²) in [6.07, 6.45) is 0.504. The zero-order chi connectivity index (χ0) is 9.84. The van der Waals surface area contributed by atoms with Gasteiger partial charge in [-0.25, -0.2) is 0 Å². The Bertz CT molecular complexity index is 332. The van der Waals surface area contributed by atoms with Crippen LogP contribution in [0.2, 0.25) is 0 Å². The molecule has 0 atom stereocenters. The molecule has 70 valence electrons. The first-order valence-electron chi connectivity index (χ1n) is 4.16. The molecule has 0 bridgehead atoms. The summed E-state index contributed by atoms with van der Waals surface area (Å²) in [5.41, 5.74) is 8.96. The molecule has 0 unspecified atom stereocenters. The van der Waals surface area contributed by atoms with E-state index in [9.17, 15) is 0 Å². The van der Waals surface area contributed by atoms with E-state index >= 15 is 0 Å². The fraction of sp³-hybridized carbons (Fsp3) is 0.300. The minimum absolute atomic E-state index is 0.244. The Morgan fingerprint density at radius 1 is 1.46 bits per heavy atom. The lowest BCUT2D eigenvalue weighted by Gasteiger charge is -2.06. The smallest absolute Gasteiger partial charge is 0.143 e. The fourth-order valence-corrected chi connectivity index (χ4v) is 1.23. The summed E-state index contributed by atoms with van der Waals surface area (Å²) < 4.78 is 0. The molecule has 0 aliphatic carbocycles. The van der Waals surface area contributed by atoms with E-state index in [1.54, 1.807) is 0 Å². The molecule has 0 spiro atoms. The van der Waals surface area contributed by atoms with E-state index in [0.29, 0.717) is 6.42 Å². The Balaban J connectivity index is 2.96. The SMILES string of the molecule is Cc1cccc(C/C(N)=N/O)c1C. The molecule has 3 nitrogen and oxygen atoms in total. The minimum atomic E-state index is 0.244. The molecule has 3 N–H and O–H groups in total. The fourth-order valence-electron chi connectivity index (χ4n) is 1.23. The average Bonchev–Trinajstić information content (AvgIpc) is 2.13. The van der Waals surface area contributed by atoms with Crippen LogP contribution in [0.3, 0.4) is 0 Å². The largest absolute Gasteiger partial charge is 0.409 e. The maximum Gasteiger partial charge on any atom is 0.143 e. The molecule has 0 aliphatic rings. The zero-order valence-electron chi connectivity index (χ0n) is 7.91. The Morgan fingerprint density at radius 3 is 2.77 bits per heavy atom. The molecule has 0 aliphatic heterocycles. The van der Waals surface area contributed by atoms with Crippen LogP contribution in [0.15, 0.2) is 23.4 Å². The van der Waals surface area contributed by atoms with Crippen molar-refractivity contribution in [2.75, 3.05) is 0 Å². The Kier molecular flexibility index (Phi) is 2.90. The van der Waals surface area contributed by atoms with E-state index in [1.807, 2.05) is 32.0 Å². The first-order valence-corrected chi connectivity index (χ1v) is 4.16. The molecule has 0 radical (unpaired) electrons. The first kappa shape index (κ1) is 9.58. The number of aryl methyl sites for hydroxylation is 1. The Morgan fingerprint density at radius 2 is 2.15 bits per heavy atom. The second kappa shape index (κ2) is 3.94. The molecule has 0 fully saturated rings. The lowest BCUT2D eigenvalue weighted by Crippen LogP contribution is -2.15. The van der Waals surface area contributed by atoms with Crippen molar-refractivity contribution in [3.63, 3.8) is 0 Å². The first-order chi connectivity index (χ1) is 6.15. The topological polar surface area (TPSA) is 58.6 Å². The van der Waals surface area contributed by atoms with E-state index in [2.05, 4.69) is 5.16 Å². The van der Waals surface area contributed by atoms with E-state index < -0.39 is 0 Å². The highest BCUT2D eigenvalue weighted by Crippen LogP contribution is 2.12. The van der Waals surface area contributed by atoms with Gasteiger partial charge in [-0.1, -0.05) is 23.4 Å². The number of rotatable bonds is 2. The van der Waals surface area contributed by atoms with Gasteiger partial charge in [-0.2, -0.15) is 0 Å². The van der Waals surface area contributed by atoms with Gasteiger partial charge in [0.05, 0.1) is 0 Å². The summed E-state index contributed by atoms with van der Waals surface area (Å²) >= 11 is 0. The summed E-state index contributed by atoms with van der Waals surface area (Å²) in [6.45, 7) is 4.08. The molecule has 0 amide bonds. The predicted octanol–water partition coefficient (Wildman–Crippen LogP) is 1.59. The van der Waals surface area contributed by atoms with Crippen molar-refractivity contribution in [3.8, 4) is 0 Å². The van der Waals surface area contributed by atoms with E-state index in [1.165, 1.54) is 11.1 Å². The minimum Gasteiger partial charge on any atom is -0.409 e. The number of amidine groups is 1. The summed E-state index contributed by atoms with van der Waals surface area (Å²) in [5, 5.41) is 11.4. The third-order valence-corrected chi connectivity index (χ3v) is 2.22. The van der Waals surface area contributed by atoms with Gasteiger partial charge in [-0.15, -0.1) is 0 Å². The van der Waals surface area contributed by atoms with E-state index in [-0.39, 0.29) is 5.84 Å². The van der Waals surface area contributed by atoms with Gasteiger partial charge in [0.25, 0.3) is 0 Å². The van der Waals surface area contributed by atoms with Crippen LogP contribution in [0.1, 0.15) is 16.7 Å². The van der Waals surface area contributed by atoms with E-state index in [0.717, 1.165) is 5.56 Å². The van der Waals surface area contributed by atoms with Gasteiger partial charge in [0.15, 0.2) is 0 Å². The monoisotopic (exact) mass is 178 g/mol. The van der Waals surface area contributed by atoms with Crippen LogP contribution >= 0.6 is 0 Å². The van der Waals surface area contributed by atoms with Gasteiger partial charge < -0.3 is 10.9 Å². The zero-order valence-corrected chi connectivity index (χ0v) is 7.91. The van der Waals surface area contributed by atoms with Gasteiger partial charge in [-0.05, 0) is 30.5 Å². The second-order valence-corrected chi connectivity index (χ2v) is 3.13. The van der Waals surface area contributed by atoms with Crippen LogP contribution < -0.4 is 5.73 Å². The van der Waals surface area contributed by atoms with Crippen LogP contribution in [-0.4, -0.2) is 11.0 Å². The highest BCUT2D eigenvalue weighted by Gasteiger charge is 2.02. The molecular weight excluding hydrogens is 164 g/mol. The Hall–Kier alpha value is -1.51. The van der Waals surface area contributed by atoms with Crippen LogP contribution in [-0.2, 0) is 6.42 Å². The second-order valence-electron chi connectivity index (χ2n) is 3.13. The maximum atomic E-state index is 8.42. The van der Waals surface area contributed by atoms with Crippen molar-refractivity contribution in [2.24, 2.45) is 10.9 Å². The van der Waals surface area contributed by atoms with E-state index in [4.69, 9.17) is 10.9 Å². The van der Waals surface area contributed by atoms with Crippen LogP contribution in [0.5, 0.6) is 0 Å². The quantitative estimate of drug-likeness (QED) is 0.313. The molecule has 13 heavy (non-hydrogen) atoms. The lowest BCUT2D eigenvalue weighted by molar-refractivity contribution is 0.317. The van der Waals surface area contributed by atoms with Gasteiger partial charge in [0, 0.05) is 6.42 Å². The highest BCUT2D eigenvalue weighted by molar-refractivity contribution is 5.82. The molecule has 1 aromatic carbocycles. The van der Waals surface area contributed by atoms with Crippen LogP contribution in [0.4, 0.5) is 0 Å². The number of nitrogens with two attached hydrogens (primary N) is 1. The molecule has 0 saturated carbocycles. The summed E-state index contributed by atoms with van der Waals surface area (Å²) in [5.74, 6) is 0.244. The normalized spacial score (nSPS) is 11.7. The third-order valence-electron chi connectivity index (χ3n) is 2.22. The van der Waals surface area contributed by atoms with Crippen molar-refractivity contribution in [2.45, 2.75) is 20.3 Å². The third kappa shape index (κ3) is 2.21. The van der Waals surface area contributed by atoms with Crippen molar-refractivity contribution >= 4 is 5.84 Å². The Labute approximate surface area is 77.9 Å². The molecule has 0 saturated heterocycles. The number of benzene rings is 1. The molecule has 1 rings (SSSR count). The van der Waals surface area contributed by atoms with Crippen LogP contribution in [0.25, 0.3) is 0 Å². The van der Waals surface area contributed by atoms with Gasteiger partial charge in [-0.3, -0.25) is 0 Å². The molecular formula is C10H14N2O. The summed E-state index contributed by atoms with van der Waals surface area (Å²) in [6, 6.07) is 6.01. The molecule has 0 aromatic heterocycles. The highest BCUT2D eigenvalue weighted by atomic mass is 16.4. The maximum absolute atomic E-state index is 8.42. The molecule has 0 heterocycles.